The molecule has 0 atom stereocenters. The van der Waals surface area contributed by atoms with E-state index in [1.54, 1.807) is 6.92 Å². The van der Waals surface area contributed by atoms with Crippen LogP contribution in [0.15, 0.2) is 30.4 Å². The maximum absolute atomic E-state index is 11.2. The van der Waals surface area contributed by atoms with E-state index >= 15 is 0 Å². The number of ether oxygens (including phenoxy) is 1. The standard InChI is InChI=1S/C13H14O.C6H14O/c1-9-3-4-13-8-11(10(2)14)5-6-12(13)7-9;1-3-5-7-6-4-2/h5-6,8H,1,3-4,7H2,2H3;3-6H2,1-2H3. The number of hydrogen-bond acceptors (Lipinski definition) is 2. The van der Waals surface area contributed by atoms with Gasteiger partial charge in [-0.1, -0.05) is 38.1 Å². The molecule has 2 heteroatoms. The van der Waals surface area contributed by atoms with Crippen molar-refractivity contribution in [2.45, 2.75) is 52.9 Å². The lowest BCUT2D eigenvalue weighted by Gasteiger charge is -2.18. The topological polar surface area (TPSA) is 26.3 Å². The van der Waals surface area contributed by atoms with Crippen molar-refractivity contribution in [3.63, 3.8) is 0 Å². The van der Waals surface area contributed by atoms with Crippen LogP contribution in [-0.4, -0.2) is 19.0 Å². The third kappa shape index (κ3) is 6.26. The molecule has 1 aromatic carbocycles. The van der Waals surface area contributed by atoms with Gasteiger partial charge in [0.1, 0.15) is 0 Å². The molecule has 116 valence electrons. The van der Waals surface area contributed by atoms with E-state index in [2.05, 4.69) is 26.5 Å². The molecule has 0 fully saturated rings. The third-order valence-electron chi connectivity index (χ3n) is 3.50. The van der Waals surface area contributed by atoms with Crippen LogP contribution in [0.1, 0.15) is 61.5 Å². The van der Waals surface area contributed by atoms with Gasteiger partial charge >= 0.3 is 0 Å². The molecule has 0 saturated heterocycles. The zero-order chi connectivity index (χ0) is 15.7. The lowest BCUT2D eigenvalue weighted by atomic mass is 9.87. The Morgan fingerprint density at radius 1 is 1.14 bits per heavy atom. The molecule has 0 spiro atoms. The minimum atomic E-state index is 0.150. The van der Waals surface area contributed by atoms with Crippen molar-refractivity contribution in [2.24, 2.45) is 0 Å². The predicted octanol–water partition coefficient (Wildman–Crippen LogP) is 4.76. The van der Waals surface area contributed by atoms with Gasteiger partial charge in [-0.25, -0.2) is 0 Å². The van der Waals surface area contributed by atoms with Gasteiger partial charge in [-0.3, -0.25) is 4.79 Å². The van der Waals surface area contributed by atoms with Crippen molar-refractivity contribution in [3.8, 4) is 0 Å². The molecule has 0 amide bonds. The number of allylic oxidation sites excluding steroid dienone is 1. The molecule has 0 N–H and O–H groups in total. The van der Waals surface area contributed by atoms with E-state index in [1.807, 2.05) is 12.1 Å². The van der Waals surface area contributed by atoms with Crippen molar-refractivity contribution in [2.75, 3.05) is 13.2 Å². The van der Waals surface area contributed by atoms with Crippen LogP contribution >= 0.6 is 0 Å². The summed E-state index contributed by atoms with van der Waals surface area (Å²) in [7, 11) is 0. The third-order valence-corrected chi connectivity index (χ3v) is 3.50. The number of Topliss-reactive ketones (excluding diaryl/α,β-unsaturated/α-hetero) is 1. The molecule has 0 radical (unpaired) electrons. The van der Waals surface area contributed by atoms with E-state index in [0.29, 0.717) is 0 Å². The fourth-order valence-corrected chi connectivity index (χ4v) is 2.31. The van der Waals surface area contributed by atoms with Crippen molar-refractivity contribution < 1.29 is 9.53 Å². The molecule has 1 aromatic rings. The summed E-state index contributed by atoms with van der Waals surface area (Å²) in [6, 6.07) is 6.01. The van der Waals surface area contributed by atoms with Gasteiger partial charge in [0.15, 0.2) is 5.78 Å². The van der Waals surface area contributed by atoms with Gasteiger partial charge in [0.05, 0.1) is 0 Å². The highest BCUT2D eigenvalue weighted by molar-refractivity contribution is 5.94. The van der Waals surface area contributed by atoms with Crippen molar-refractivity contribution in [1.82, 2.24) is 0 Å². The zero-order valence-corrected chi connectivity index (χ0v) is 13.7. The Hall–Kier alpha value is -1.41. The Morgan fingerprint density at radius 2 is 1.81 bits per heavy atom. The normalized spacial score (nSPS) is 13.2. The fraction of sp³-hybridized carbons (Fsp3) is 0.526. The first-order valence-electron chi connectivity index (χ1n) is 7.95. The minimum Gasteiger partial charge on any atom is -0.381 e. The van der Waals surface area contributed by atoms with Crippen LogP contribution in [-0.2, 0) is 17.6 Å². The van der Waals surface area contributed by atoms with E-state index in [1.165, 1.54) is 16.7 Å². The Balaban J connectivity index is 0.000000270. The Kier molecular flexibility index (Phi) is 7.99. The van der Waals surface area contributed by atoms with Gasteiger partial charge in [0.2, 0.25) is 0 Å². The molecule has 21 heavy (non-hydrogen) atoms. The van der Waals surface area contributed by atoms with Crippen LogP contribution in [0, 0.1) is 0 Å². The Labute approximate surface area is 129 Å². The molecule has 0 aliphatic heterocycles. The van der Waals surface area contributed by atoms with Gasteiger partial charge in [-0.05, 0) is 56.2 Å². The number of carbonyl (C=O) groups excluding carboxylic acids is 1. The average molecular weight is 288 g/mol. The van der Waals surface area contributed by atoms with Crippen LogP contribution in [0.3, 0.4) is 0 Å². The molecule has 0 saturated carbocycles. The van der Waals surface area contributed by atoms with E-state index in [4.69, 9.17) is 4.74 Å². The molecular weight excluding hydrogens is 260 g/mol. The summed E-state index contributed by atoms with van der Waals surface area (Å²) in [5, 5.41) is 0. The summed E-state index contributed by atoms with van der Waals surface area (Å²) < 4.78 is 5.13. The maximum atomic E-state index is 11.2. The summed E-state index contributed by atoms with van der Waals surface area (Å²) in [6.07, 6.45) is 5.36. The molecule has 2 nitrogen and oxygen atoms in total. The Bertz CT molecular complexity index is 470. The molecule has 1 aliphatic carbocycles. The predicted molar refractivity (Wildman–Crippen MR) is 89.0 cm³/mol. The highest BCUT2D eigenvalue weighted by Crippen LogP contribution is 2.24. The first kappa shape index (κ1) is 17.6. The smallest absolute Gasteiger partial charge is 0.159 e. The summed E-state index contributed by atoms with van der Waals surface area (Å²) in [5.41, 5.74) is 4.79. The van der Waals surface area contributed by atoms with Crippen LogP contribution in [0.2, 0.25) is 0 Å². The number of carbonyl (C=O) groups is 1. The van der Waals surface area contributed by atoms with Crippen LogP contribution in [0.5, 0.6) is 0 Å². The summed E-state index contributed by atoms with van der Waals surface area (Å²) in [4.78, 5) is 11.2. The summed E-state index contributed by atoms with van der Waals surface area (Å²) >= 11 is 0. The average Bonchev–Trinajstić information content (AvgIpc) is 2.48. The van der Waals surface area contributed by atoms with E-state index < -0.39 is 0 Å². The molecule has 2 rings (SSSR count). The van der Waals surface area contributed by atoms with E-state index in [9.17, 15) is 4.79 Å². The minimum absolute atomic E-state index is 0.150. The molecule has 0 aromatic heterocycles. The highest BCUT2D eigenvalue weighted by Gasteiger charge is 2.12. The lowest BCUT2D eigenvalue weighted by Crippen LogP contribution is -2.06. The van der Waals surface area contributed by atoms with Crippen molar-refractivity contribution in [3.05, 3.63) is 47.0 Å². The second-order valence-electron chi connectivity index (χ2n) is 5.58. The first-order valence-corrected chi connectivity index (χ1v) is 7.95. The number of hydrogen-bond donors (Lipinski definition) is 0. The second-order valence-corrected chi connectivity index (χ2v) is 5.58. The quantitative estimate of drug-likeness (QED) is 0.444. The number of aryl methyl sites for hydroxylation is 1. The maximum Gasteiger partial charge on any atom is 0.159 e. The van der Waals surface area contributed by atoms with Crippen molar-refractivity contribution >= 4 is 5.78 Å². The number of ketones is 1. The van der Waals surface area contributed by atoms with Crippen LogP contribution < -0.4 is 0 Å². The lowest BCUT2D eigenvalue weighted by molar-refractivity contribution is 0.101. The SMILES string of the molecule is C=C1CCc2cc(C(C)=O)ccc2C1.CCCOCCC. The first-order chi connectivity index (χ1) is 10.1. The molecular formula is C19H28O2. The number of benzene rings is 1. The molecule has 0 heterocycles. The molecule has 1 aliphatic rings. The fourth-order valence-electron chi connectivity index (χ4n) is 2.31. The number of fused-ring (bicyclic) bond motifs is 1. The van der Waals surface area contributed by atoms with E-state index in [-0.39, 0.29) is 5.78 Å². The number of rotatable bonds is 5. The largest absolute Gasteiger partial charge is 0.381 e. The van der Waals surface area contributed by atoms with Gasteiger partial charge in [-0.15, -0.1) is 0 Å². The van der Waals surface area contributed by atoms with Gasteiger partial charge in [0.25, 0.3) is 0 Å². The summed E-state index contributed by atoms with van der Waals surface area (Å²) in [6.45, 7) is 11.7. The van der Waals surface area contributed by atoms with Gasteiger partial charge in [-0.2, -0.15) is 0 Å². The van der Waals surface area contributed by atoms with Gasteiger partial charge < -0.3 is 4.74 Å². The summed E-state index contributed by atoms with van der Waals surface area (Å²) in [5.74, 6) is 0.150. The van der Waals surface area contributed by atoms with Crippen molar-refractivity contribution in [1.29, 1.82) is 0 Å². The monoisotopic (exact) mass is 288 g/mol. The van der Waals surface area contributed by atoms with Crippen LogP contribution in [0.25, 0.3) is 0 Å². The highest BCUT2D eigenvalue weighted by atomic mass is 16.5. The molecule has 0 bridgehead atoms. The molecule has 0 unspecified atom stereocenters. The van der Waals surface area contributed by atoms with Gasteiger partial charge in [0, 0.05) is 18.8 Å². The second kappa shape index (κ2) is 9.51. The van der Waals surface area contributed by atoms with E-state index in [0.717, 1.165) is 50.9 Å². The Morgan fingerprint density at radius 3 is 2.38 bits per heavy atom. The zero-order valence-electron chi connectivity index (χ0n) is 13.7. The van der Waals surface area contributed by atoms with Crippen LogP contribution in [0.4, 0.5) is 0 Å².